The van der Waals surface area contributed by atoms with E-state index in [1.165, 1.54) is 38.5 Å². The topological polar surface area (TPSA) is 104 Å². The highest BCUT2D eigenvalue weighted by molar-refractivity contribution is 5.85. The van der Waals surface area contributed by atoms with Gasteiger partial charge in [0.05, 0.1) is 12.4 Å². The zero-order chi connectivity index (χ0) is 33.0. The van der Waals surface area contributed by atoms with Crippen LogP contribution in [-0.4, -0.2) is 52.1 Å². The van der Waals surface area contributed by atoms with Gasteiger partial charge in [0.2, 0.25) is 0 Å². The number of hydrogen-bond acceptors (Lipinski definition) is 6. The predicted molar refractivity (Wildman–Crippen MR) is 178 cm³/mol. The molecule has 1 heterocycles. The number of fused-ring (bicyclic) bond motifs is 5. The Labute approximate surface area is 272 Å². The number of H-pyrrole nitrogens is 1. The molecule has 45 heavy (non-hydrogen) atoms. The minimum atomic E-state index is -0.465. The van der Waals surface area contributed by atoms with E-state index in [2.05, 4.69) is 70.7 Å². The number of hydrogen-bond donors (Lipinski definition) is 3. The molecule has 0 spiro atoms. The molecule has 5 rings (SSSR count). The number of ether oxygens (including phenoxy) is 1. The number of nitrogens with one attached hydrogen (secondary N) is 2. The number of Topliss-reactive ketones (excluding diaryl/α,β-unsaturated/α-hetero) is 1. The number of aliphatic hydroxyl groups excluding tert-OH is 1. The maximum atomic E-state index is 12.7. The second kappa shape index (κ2) is 12.4. The number of carbonyl (C=O) groups is 2. The zero-order valence-corrected chi connectivity index (χ0v) is 29.8. The Bertz CT molecular complexity index is 1210. The third-order valence-corrected chi connectivity index (χ3v) is 15.1. The van der Waals surface area contributed by atoms with Gasteiger partial charge in [-0.05, 0) is 115 Å². The SMILES string of the molecule is CC(=O)OC1CC2[C@@]3(C)CC[C@H](C)C(C)(C)C3CC[C@@]2(C)[C@]2(C)CCC(C(C)(C)CCCN[C@@H](Cc3cnc[nH]3)C(=O)CO)[C@@H]12. The van der Waals surface area contributed by atoms with Crippen molar-refractivity contribution in [2.24, 2.45) is 56.7 Å². The van der Waals surface area contributed by atoms with Crippen LogP contribution in [0.15, 0.2) is 12.5 Å². The van der Waals surface area contributed by atoms with Crippen LogP contribution < -0.4 is 5.32 Å². The molecule has 0 amide bonds. The predicted octanol–water partition coefficient (Wildman–Crippen LogP) is 7.14. The van der Waals surface area contributed by atoms with Crippen LogP contribution in [0.2, 0.25) is 0 Å². The highest BCUT2D eigenvalue weighted by Gasteiger charge is 2.71. The first-order chi connectivity index (χ1) is 21.0. The Morgan fingerprint density at radius 2 is 1.80 bits per heavy atom. The van der Waals surface area contributed by atoms with Crippen molar-refractivity contribution >= 4 is 11.8 Å². The second-order valence-corrected chi connectivity index (χ2v) is 17.8. The van der Waals surface area contributed by atoms with Crippen LogP contribution in [0.5, 0.6) is 0 Å². The number of imidazole rings is 1. The maximum Gasteiger partial charge on any atom is 0.302 e. The number of aliphatic hydroxyl groups is 1. The molecule has 4 aliphatic carbocycles. The van der Waals surface area contributed by atoms with E-state index in [0.29, 0.717) is 42.1 Å². The molecule has 4 aliphatic rings. The summed E-state index contributed by atoms with van der Waals surface area (Å²) in [6.07, 6.45) is 14.3. The molecular formula is C38H63N3O4. The molecule has 0 saturated heterocycles. The van der Waals surface area contributed by atoms with E-state index >= 15 is 0 Å². The molecule has 1 aromatic rings. The summed E-state index contributed by atoms with van der Waals surface area (Å²) in [5.74, 6) is 2.51. The average molecular weight is 626 g/mol. The summed E-state index contributed by atoms with van der Waals surface area (Å²) in [6.45, 7) is 22.1. The number of aromatic nitrogens is 2. The van der Waals surface area contributed by atoms with E-state index in [-0.39, 0.29) is 39.5 Å². The molecule has 1 aromatic heterocycles. The largest absolute Gasteiger partial charge is 0.462 e. The van der Waals surface area contributed by atoms with Crippen LogP contribution in [0.1, 0.15) is 126 Å². The lowest BCUT2D eigenvalue weighted by molar-refractivity contribution is -0.242. The van der Waals surface area contributed by atoms with Crippen molar-refractivity contribution in [3.05, 3.63) is 18.2 Å². The summed E-state index contributed by atoms with van der Waals surface area (Å²) < 4.78 is 6.41. The standard InChI is InChI=1S/C38H63N3O4/c1-24-11-15-36(7)31(35(24,5)6)13-17-37(8)32(36)20-30(45-25(2)43)33-27(12-16-38(33,37)9)34(3,4)14-10-18-40-28(29(44)22-42)19-26-21-39-23-41-26/h21,23-24,27-28,30-33,40,42H,10-20,22H2,1-9H3,(H,39,41)/t24-,27?,28-,30?,31?,32?,33-,36-,37+,38+/m0/s1. The Morgan fingerprint density at radius 1 is 1.09 bits per heavy atom. The highest BCUT2D eigenvalue weighted by Crippen LogP contribution is 2.76. The molecule has 4 fully saturated rings. The van der Waals surface area contributed by atoms with Gasteiger partial charge in [0, 0.05) is 31.2 Å². The maximum absolute atomic E-state index is 12.7. The van der Waals surface area contributed by atoms with Gasteiger partial charge in [-0.3, -0.25) is 9.59 Å². The van der Waals surface area contributed by atoms with Gasteiger partial charge in [0.15, 0.2) is 5.78 Å². The van der Waals surface area contributed by atoms with Crippen molar-refractivity contribution in [1.29, 1.82) is 0 Å². The van der Waals surface area contributed by atoms with Crippen LogP contribution in [0, 0.1) is 56.7 Å². The first-order valence-electron chi connectivity index (χ1n) is 18.0. The van der Waals surface area contributed by atoms with Gasteiger partial charge in [-0.1, -0.05) is 55.4 Å². The molecule has 7 heteroatoms. The van der Waals surface area contributed by atoms with Crippen LogP contribution in [0.4, 0.5) is 0 Å². The van der Waals surface area contributed by atoms with Crippen molar-refractivity contribution in [3.8, 4) is 0 Å². The average Bonchev–Trinajstić information content (AvgIpc) is 3.62. The third kappa shape index (κ3) is 5.85. The molecule has 0 aliphatic heterocycles. The van der Waals surface area contributed by atoms with Gasteiger partial charge in [0.1, 0.15) is 12.7 Å². The van der Waals surface area contributed by atoms with Crippen LogP contribution in [-0.2, 0) is 20.7 Å². The minimum Gasteiger partial charge on any atom is -0.462 e. The fourth-order valence-electron chi connectivity index (χ4n) is 12.1. The molecule has 0 aromatic carbocycles. The van der Waals surface area contributed by atoms with Gasteiger partial charge in [0.25, 0.3) is 0 Å². The molecule has 10 atom stereocenters. The summed E-state index contributed by atoms with van der Waals surface area (Å²) in [5, 5.41) is 13.0. The van der Waals surface area contributed by atoms with Crippen molar-refractivity contribution in [2.45, 2.75) is 139 Å². The van der Waals surface area contributed by atoms with E-state index < -0.39 is 12.6 Å². The molecule has 3 N–H and O–H groups in total. The summed E-state index contributed by atoms with van der Waals surface area (Å²) in [6, 6.07) is -0.429. The first kappa shape index (κ1) is 34.6. The fourth-order valence-corrected chi connectivity index (χ4v) is 12.1. The lowest BCUT2D eigenvalue weighted by Gasteiger charge is -2.71. The lowest BCUT2D eigenvalue weighted by atomic mass is 9.34. The van der Waals surface area contributed by atoms with E-state index in [1.54, 1.807) is 19.4 Å². The van der Waals surface area contributed by atoms with Gasteiger partial charge in [-0.25, -0.2) is 4.98 Å². The van der Waals surface area contributed by atoms with Crippen LogP contribution in [0.25, 0.3) is 0 Å². The molecule has 7 nitrogen and oxygen atoms in total. The number of carbonyl (C=O) groups excluding carboxylic acids is 2. The Hall–Kier alpha value is -1.73. The molecular weight excluding hydrogens is 562 g/mol. The van der Waals surface area contributed by atoms with Gasteiger partial charge in [-0.15, -0.1) is 0 Å². The van der Waals surface area contributed by atoms with E-state index in [0.717, 1.165) is 30.9 Å². The second-order valence-electron chi connectivity index (χ2n) is 17.8. The van der Waals surface area contributed by atoms with E-state index in [4.69, 9.17) is 4.74 Å². The Balaban J connectivity index is 1.34. The van der Waals surface area contributed by atoms with Crippen molar-refractivity contribution in [2.75, 3.05) is 13.2 Å². The smallest absolute Gasteiger partial charge is 0.302 e. The van der Waals surface area contributed by atoms with Crippen LogP contribution >= 0.6 is 0 Å². The third-order valence-electron chi connectivity index (χ3n) is 15.1. The molecule has 4 unspecified atom stereocenters. The van der Waals surface area contributed by atoms with Gasteiger partial charge in [-0.2, -0.15) is 0 Å². The quantitative estimate of drug-likeness (QED) is 0.178. The molecule has 254 valence electrons. The molecule has 0 bridgehead atoms. The van der Waals surface area contributed by atoms with Gasteiger partial charge >= 0.3 is 5.97 Å². The summed E-state index contributed by atoms with van der Waals surface area (Å²) >= 11 is 0. The lowest BCUT2D eigenvalue weighted by Crippen LogP contribution is -2.66. The van der Waals surface area contributed by atoms with Crippen molar-refractivity contribution in [1.82, 2.24) is 15.3 Å². The monoisotopic (exact) mass is 625 g/mol. The van der Waals surface area contributed by atoms with E-state index in [9.17, 15) is 14.7 Å². The summed E-state index contributed by atoms with van der Waals surface area (Å²) in [7, 11) is 0. The fraction of sp³-hybridized carbons (Fsp3) is 0.868. The molecule has 0 radical (unpaired) electrons. The van der Waals surface area contributed by atoms with Gasteiger partial charge < -0.3 is 20.1 Å². The van der Waals surface area contributed by atoms with Crippen molar-refractivity contribution in [3.63, 3.8) is 0 Å². The Kier molecular flexibility index (Phi) is 9.52. The molecule has 4 saturated carbocycles. The zero-order valence-electron chi connectivity index (χ0n) is 29.8. The number of ketones is 1. The normalized spacial score (nSPS) is 39.8. The highest BCUT2D eigenvalue weighted by atomic mass is 16.5. The van der Waals surface area contributed by atoms with Crippen LogP contribution in [0.3, 0.4) is 0 Å². The number of nitrogens with zero attached hydrogens (tertiary/aromatic N) is 1. The summed E-state index contributed by atoms with van der Waals surface area (Å²) in [4.78, 5) is 32.3. The number of aromatic amines is 1. The van der Waals surface area contributed by atoms with E-state index in [1.807, 2.05) is 0 Å². The first-order valence-corrected chi connectivity index (χ1v) is 18.0. The minimum absolute atomic E-state index is 0.0329. The Morgan fingerprint density at radius 3 is 2.44 bits per heavy atom. The summed E-state index contributed by atoms with van der Waals surface area (Å²) in [5.41, 5.74) is 1.90. The number of rotatable bonds is 11. The number of esters is 1. The van der Waals surface area contributed by atoms with Crippen molar-refractivity contribution < 1.29 is 19.4 Å².